The molecule has 0 amide bonds. The Morgan fingerprint density at radius 1 is 1.32 bits per heavy atom. The molecule has 1 N–H and O–H groups in total. The lowest BCUT2D eigenvalue weighted by atomic mass is 10.1. The molecule has 1 aliphatic heterocycles. The topological polar surface area (TPSA) is 50.4 Å². The maximum Gasteiger partial charge on any atom is 0.418 e. The highest BCUT2D eigenvalue weighted by Gasteiger charge is 2.40. The molecule has 2 aromatic heterocycles. The van der Waals surface area contributed by atoms with Gasteiger partial charge in [-0.2, -0.15) is 18.4 Å². The fourth-order valence-corrected chi connectivity index (χ4v) is 3.77. The number of halogens is 3. The van der Waals surface area contributed by atoms with Crippen LogP contribution in [0.2, 0.25) is 0 Å². The molecule has 2 aromatic rings. The Morgan fingerprint density at radius 2 is 2.00 bits per heavy atom. The van der Waals surface area contributed by atoms with Crippen LogP contribution in [0.25, 0.3) is 10.6 Å². The van der Waals surface area contributed by atoms with Gasteiger partial charge in [0.05, 0.1) is 22.6 Å². The Bertz CT molecular complexity index is 789. The zero-order valence-corrected chi connectivity index (χ0v) is 14.5. The molecule has 1 fully saturated rings. The van der Waals surface area contributed by atoms with E-state index in [0.717, 1.165) is 6.07 Å². The maximum absolute atomic E-state index is 13.6. The fourth-order valence-electron chi connectivity index (χ4n) is 3.07. The van der Waals surface area contributed by atoms with E-state index in [0.29, 0.717) is 23.7 Å². The van der Waals surface area contributed by atoms with Crippen molar-refractivity contribution in [3.63, 3.8) is 0 Å². The predicted molar refractivity (Wildman–Crippen MR) is 88.2 cm³/mol. The Morgan fingerprint density at radius 3 is 2.52 bits per heavy atom. The number of hydrogen-bond acceptors (Lipinski definition) is 4. The number of nitrogens with zero attached hydrogens (tertiary/aromatic N) is 2. The van der Waals surface area contributed by atoms with Crippen molar-refractivity contribution in [3.05, 3.63) is 34.7 Å². The van der Waals surface area contributed by atoms with Crippen molar-refractivity contribution in [1.29, 1.82) is 5.26 Å². The van der Waals surface area contributed by atoms with Crippen LogP contribution in [0.5, 0.6) is 0 Å². The molecule has 25 heavy (non-hydrogen) atoms. The molecule has 2 atom stereocenters. The SMILES string of the molecule is C[C@@H]1CN(c2[nH+]c(-c3cccs3)cc(C(F)(F)F)c2C#N)C[C@H](C)O1. The molecule has 0 saturated carbocycles. The van der Waals surface area contributed by atoms with Crippen molar-refractivity contribution in [2.45, 2.75) is 32.2 Å². The summed E-state index contributed by atoms with van der Waals surface area (Å²) in [5.41, 5.74) is -0.948. The van der Waals surface area contributed by atoms with Gasteiger partial charge in [-0.25, -0.2) is 4.98 Å². The number of nitrogens with one attached hydrogen (secondary N) is 1. The molecule has 8 heteroatoms. The second-order valence-electron chi connectivity index (χ2n) is 6.07. The van der Waals surface area contributed by atoms with Crippen LogP contribution in [0.1, 0.15) is 25.0 Å². The van der Waals surface area contributed by atoms with Gasteiger partial charge in [0.2, 0.25) is 0 Å². The number of ether oxygens (including phenoxy) is 1. The number of rotatable bonds is 2. The number of hydrogen-bond donors (Lipinski definition) is 0. The minimum absolute atomic E-state index is 0.136. The molecule has 1 aliphatic rings. The minimum atomic E-state index is -4.61. The van der Waals surface area contributed by atoms with E-state index in [-0.39, 0.29) is 23.6 Å². The van der Waals surface area contributed by atoms with Crippen molar-refractivity contribution in [2.24, 2.45) is 0 Å². The van der Waals surface area contributed by atoms with E-state index in [2.05, 4.69) is 4.98 Å². The number of H-pyrrole nitrogens is 1. The van der Waals surface area contributed by atoms with E-state index in [4.69, 9.17) is 4.74 Å². The Labute approximate surface area is 147 Å². The monoisotopic (exact) mass is 368 g/mol. The van der Waals surface area contributed by atoms with Gasteiger partial charge < -0.3 is 4.74 Å². The molecular formula is C17H17F3N3OS+. The lowest BCUT2D eigenvalue weighted by Crippen LogP contribution is -2.48. The van der Waals surface area contributed by atoms with E-state index >= 15 is 0 Å². The molecule has 132 valence electrons. The fraction of sp³-hybridized carbons (Fsp3) is 0.412. The van der Waals surface area contributed by atoms with Crippen molar-refractivity contribution in [1.82, 2.24) is 0 Å². The van der Waals surface area contributed by atoms with Crippen LogP contribution in [0.3, 0.4) is 0 Å². The largest absolute Gasteiger partial charge is 0.418 e. The highest BCUT2D eigenvalue weighted by molar-refractivity contribution is 7.13. The number of morpholine rings is 1. The summed E-state index contributed by atoms with van der Waals surface area (Å²) in [6, 6.07) is 6.28. The molecule has 0 bridgehead atoms. The molecule has 0 aliphatic carbocycles. The summed E-state index contributed by atoms with van der Waals surface area (Å²) in [6.45, 7) is 4.56. The van der Waals surface area contributed by atoms with Crippen LogP contribution in [-0.4, -0.2) is 25.3 Å². The molecule has 1 saturated heterocycles. The van der Waals surface area contributed by atoms with Crippen LogP contribution in [0.15, 0.2) is 23.6 Å². The van der Waals surface area contributed by atoms with E-state index in [1.165, 1.54) is 11.3 Å². The molecule has 3 rings (SSSR count). The van der Waals surface area contributed by atoms with Crippen molar-refractivity contribution in [2.75, 3.05) is 18.0 Å². The summed E-state index contributed by atoms with van der Waals surface area (Å²) < 4.78 is 46.3. The molecule has 3 heterocycles. The van der Waals surface area contributed by atoms with Gasteiger partial charge in [-0.1, -0.05) is 6.07 Å². The third kappa shape index (κ3) is 3.62. The van der Waals surface area contributed by atoms with Gasteiger partial charge in [-0.15, -0.1) is 11.3 Å². The summed E-state index contributed by atoms with van der Waals surface area (Å²) in [7, 11) is 0. The first-order valence-electron chi connectivity index (χ1n) is 7.81. The van der Waals surface area contributed by atoms with Gasteiger partial charge in [-0.05, 0) is 25.3 Å². The average Bonchev–Trinajstić information content (AvgIpc) is 3.06. The first kappa shape index (κ1) is 17.7. The lowest BCUT2D eigenvalue weighted by molar-refractivity contribution is -0.352. The second kappa shape index (κ2) is 6.65. The highest BCUT2D eigenvalue weighted by Crippen LogP contribution is 2.37. The summed E-state index contributed by atoms with van der Waals surface area (Å²) in [6.07, 6.45) is -4.88. The minimum Gasteiger partial charge on any atom is -0.367 e. The Balaban J connectivity index is 2.18. The molecule has 0 spiro atoms. The van der Waals surface area contributed by atoms with Gasteiger partial charge >= 0.3 is 6.18 Å². The van der Waals surface area contributed by atoms with Crippen molar-refractivity contribution in [3.8, 4) is 16.6 Å². The standard InChI is InChI=1S/C17H16F3N3OS/c1-10-8-23(9-11(2)24-10)16-12(7-21)13(17(18,19)20)6-14(22-16)15-4-3-5-25-15/h3-6,10-11H,8-9H2,1-2H3/p+1/t10-,11+. The lowest BCUT2D eigenvalue weighted by Gasteiger charge is -2.31. The summed E-state index contributed by atoms with van der Waals surface area (Å²) in [5.74, 6) is 0.197. The second-order valence-corrected chi connectivity index (χ2v) is 7.02. The smallest absolute Gasteiger partial charge is 0.367 e. The quantitative estimate of drug-likeness (QED) is 0.812. The van der Waals surface area contributed by atoms with E-state index < -0.39 is 11.7 Å². The normalized spacial score (nSPS) is 21.2. The Hall–Kier alpha value is -2.11. The number of anilines is 1. The third-order valence-corrected chi connectivity index (χ3v) is 4.89. The van der Waals surface area contributed by atoms with Crippen LogP contribution in [0, 0.1) is 11.3 Å². The first-order chi connectivity index (χ1) is 11.8. The van der Waals surface area contributed by atoms with Crippen LogP contribution in [0.4, 0.5) is 19.0 Å². The number of pyridine rings is 1. The van der Waals surface area contributed by atoms with E-state index in [1.54, 1.807) is 28.5 Å². The number of nitriles is 1. The summed E-state index contributed by atoms with van der Waals surface area (Å²) in [5, 5.41) is 11.2. The van der Waals surface area contributed by atoms with Gasteiger partial charge in [0.1, 0.15) is 24.9 Å². The molecule has 0 unspecified atom stereocenters. The zero-order chi connectivity index (χ0) is 18.2. The van der Waals surface area contributed by atoms with Gasteiger partial charge in [-0.3, -0.25) is 4.90 Å². The molecule has 0 aromatic carbocycles. The molecule has 4 nitrogen and oxygen atoms in total. The number of thiophene rings is 1. The third-order valence-electron chi connectivity index (χ3n) is 3.99. The van der Waals surface area contributed by atoms with Crippen LogP contribution < -0.4 is 9.88 Å². The zero-order valence-electron chi connectivity index (χ0n) is 13.7. The summed E-state index contributed by atoms with van der Waals surface area (Å²) >= 11 is 1.34. The highest BCUT2D eigenvalue weighted by atomic mass is 32.1. The van der Waals surface area contributed by atoms with Gasteiger partial charge in [0.15, 0.2) is 5.56 Å². The average molecular weight is 368 g/mol. The molecular weight excluding hydrogens is 351 g/mol. The number of aromatic amines is 1. The number of aromatic nitrogens is 1. The molecule has 0 radical (unpaired) electrons. The van der Waals surface area contributed by atoms with Gasteiger partial charge in [0.25, 0.3) is 5.82 Å². The van der Waals surface area contributed by atoms with Gasteiger partial charge in [0, 0.05) is 6.07 Å². The van der Waals surface area contributed by atoms with E-state index in [9.17, 15) is 18.4 Å². The Kier molecular flexibility index (Phi) is 4.71. The summed E-state index contributed by atoms with van der Waals surface area (Å²) in [4.78, 5) is 5.50. The van der Waals surface area contributed by atoms with Crippen molar-refractivity contribution < 1.29 is 22.9 Å². The maximum atomic E-state index is 13.6. The predicted octanol–water partition coefficient (Wildman–Crippen LogP) is 3.73. The van der Waals surface area contributed by atoms with Crippen molar-refractivity contribution >= 4 is 17.2 Å². The van der Waals surface area contributed by atoms with Crippen LogP contribution >= 0.6 is 11.3 Å². The van der Waals surface area contributed by atoms with E-state index in [1.807, 2.05) is 13.8 Å². The number of alkyl halides is 3. The first-order valence-corrected chi connectivity index (χ1v) is 8.69. The van der Waals surface area contributed by atoms with Crippen LogP contribution in [-0.2, 0) is 10.9 Å².